The molecular weight excluding hydrogens is 247 g/mol. The van der Waals surface area contributed by atoms with E-state index in [9.17, 15) is 4.79 Å². The fourth-order valence-electron chi connectivity index (χ4n) is 1.65. The largest absolute Gasteiger partial charge is 0.308 e. The summed E-state index contributed by atoms with van der Waals surface area (Å²) in [7, 11) is 0. The minimum absolute atomic E-state index is 0.0473. The minimum atomic E-state index is -0.0671. The summed E-state index contributed by atoms with van der Waals surface area (Å²) in [4.78, 5) is 17.1. The van der Waals surface area contributed by atoms with E-state index in [1.54, 1.807) is 6.07 Å². The summed E-state index contributed by atoms with van der Waals surface area (Å²) in [5, 5.41) is 0.701. The Hall–Kier alpha value is -1.24. The van der Waals surface area contributed by atoms with Crippen LogP contribution in [0.2, 0.25) is 10.2 Å². The summed E-state index contributed by atoms with van der Waals surface area (Å²) < 4.78 is 0. The number of amides is 1. The third-order valence-corrected chi connectivity index (χ3v) is 2.94. The van der Waals surface area contributed by atoms with E-state index in [-0.39, 0.29) is 17.0 Å². The summed E-state index contributed by atoms with van der Waals surface area (Å²) in [5.74, 6) is 2.45. The van der Waals surface area contributed by atoms with Gasteiger partial charge >= 0.3 is 0 Å². The van der Waals surface area contributed by atoms with Crippen LogP contribution in [-0.2, 0) is 4.79 Å². The van der Waals surface area contributed by atoms with Crippen molar-refractivity contribution in [2.75, 3.05) is 11.4 Å². The van der Waals surface area contributed by atoms with Gasteiger partial charge in [-0.15, -0.1) is 12.3 Å². The molecule has 5 heteroatoms. The van der Waals surface area contributed by atoms with E-state index >= 15 is 0 Å². The van der Waals surface area contributed by atoms with Crippen LogP contribution in [0.3, 0.4) is 0 Å². The fraction of sp³-hybridized carbons (Fsp3) is 0.273. The molecule has 1 amide bonds. The van der Waals surface area contributed by atoms with Crippen LogP contribution in [0.4, 0.5) is 5.69 Å². The van der Waals surface area contributed by atoms with Crippen LogP contribution in [0.15, 0.2) is 12.3 Å². The van der Waals surface area contributed by atoms with Crippen molar-refractivity contribution in [3.63, 3.8) is 0 Å². The number of pyridine rings is 1. The second-order valence-corrected chi connectivity index (χ2v) is 4.33. The molecule has 1 atom stereocenters. The molecule has 1 fully saturated rings. The molecule has 1 aromatic heterocycles. The summed E-state index contributed by atoms with van der Waals surface area (Å²) in [5.41, 5.74) is 0.525. The van der Waals surface area contributed by atoms with Gasteiger partial charge in [0.15, 0.2) is 5.15 Å². The van der Waals surface area contributed by atoms with Crippen molar-refractivity contribution in [2.45, 2.75) is 6.42 Å². The van der Waals surface area contributed by atoms with Crippen LogP contribution in [0.5, 0.6) is 0 Å². The second-order valence-electron chi connectivity index (χ2n) is 3.54. The van der Waals surface area contributed by atoms with Crippen molar-refractivity contribution in [3.05, 3.63) is 22.4 Å². The number of aromatic nitrogens is 1. The minimum Gasteiger partial charge on any atom is -0.308 e. The highest BCUT2D eigenvalue weighted by molar-refractivity contribution is 6.34. The van der Waals surface area contributed by atoms with Crippen molar-refractivity contribution in [2.24, 2.45) is 5.92 Å². The number of nitrogens with zero attached hydrogens (tertiary/aromatic N) is 2. The molecular formula is C11H8Cl2N2O. The smallest absolute Gasteiger partial charge is 0.228 e. The van der Waals surface area contributed by atoms with Gasteiger partial charge in [0.1, 0.15) is 0 Å². The highest BCUT2D eigenvalue weighted by atomic mass is 35.5. The molecule has 2 rings (SSSR count). The van der Waals surface area contributed by atoms with Gasteiger partial charge in [0.05, 0.1) is 10.7 Å². The number of halogens is 2. The highest BCUT2D eigenvalue weighted by Gasteiger charge is 2.30. The van der Waals surface area contributed by atoms with E-state index in [1.165, 1.54) is 11.1 Å². The summed E-state index contributed by atoms with van der Waals surface area (Å²) in [6, 6.07) is 1.62. The highest BCUT2D eigenvalue weighted by Crippen LogP contribution is 2.31. The van der Waals surface area contributed by atoms with Gasteiger partial charge in [-0.25, -0.2) is 4.98 Å². The predicted molar refractivity (Wildman–Crippen MR) is 63.6 cm³/mol. The molecule has 0 spiro atoms. The quantitative estimate of drug-likeness (QED) is 0.570. The predicted octanol–water partition coefficient (Wildman–Crippen LogP) is 2.37. The summed E-state index contributed by atoms with van der Waals surface area (Å²) >= 11 is 11.7. The Bertz CT molecular complexity index is 481. The maximum atomic E-state index is 11.7. The number of terminal acetylenes is 1. The lowest BCUT2D eigenvalue weighted by atomic mass is 10.1. The molecule has 0 N–H and O–H groups in total. The molecule has 0 saturated carbocycles. The molecule has 0 aromatic carbocycles. The molecule has 3 nitrogen and oxygen atoms in total. The first-order chi connectivity index (χ1) is 7.61. The third kappa shape index (κ3) is 1.99. The Morgan fingerprint density at radius 3 is 2.94 bits per heavy atom. The lowest BCUT2D eigenvalue weighted by molar-refractivity contribution is -0.117. The fourth-order valence-corrected chi connectivity index (χ4v) is 2.01. The number of rotatable bonds is 1. The normalized spacial score (nSPS) is 19.9. The molecule has 16 heavy (non-hydrogen) atoms. The number of carbonyl (C=O) groups excluding carboxylic acids is 1. The Balaban J connectivity index is 2.35. The molecule has 1 aromatic rings. The standard InChI is InChI=1S/C11H8Cl2N2O/c1-2-7-3-10(16)15(6-7)9-4-8(12)5-14-11(9)13/h1,4-5,7H,3,6H2. The van der Waals surface area contributed by atoms with Crippen molar-refractivity contribution >= 4 is 34.8 Å². The summed E-state index contributed by atoms with van der Waals surface area (Å²) in [6.07, 6.45) is 7.08. The molecule has 1 saturated heterocycles. The van der Waals surface area contributed by atoms with E-state index in [0.29, 0.717) is 23.7 Å². The number of carbonyl (C=O) groups is 1. The zero-order chi connectivity index (χ0) is 11.7. The molecule has 82 valence electrons. The number of hydrogen-bond acceptors (Lipinski definition) is 2. The molecule has 0 radical (unpaired) electrons. The zero-order valence-corrected chi connectivity index (χ0v) is 9.79. The molecule has 1 unspecified atom stereocenters. The van der Waals surface area contributed by atoms with E-state index < -0.39 is 0 Å². The van der Waals surface area contributed by atoms with E-state index in [1.807, 2.05) is 0 Å². The Morgan fingerprint density at radius 1 is 1.56 bits per heavy atom. The maximum absolute atomic E-state index is 11.7. The topological polar surface area (TPSA) is 33.2 Å². The Labute approximate surface area is 103 Å². The van der Waals surface area contributed by atoms with Crippen LogP contribution in [0.25, 0.3) is 0 Å². The number of anilines is 1. The average Bonchev–Trinajstić information content (AvgIpc) is 2.63. The van der Waals surface area contributed by atoms with Crippen molar-refractivity contribution in [3.8, 4) is 12.3 Å². The average molecular weight is 255 g/mol. The van der Waals surface area contributed by atoms with Gasteiger partial charge in [-0.3, -0.25) is 4.79 Å². The maximum Gasteiger partial charge on any atom is 0.228 e. The second kappa shape index (κ2) is 4.32. The van der Waals surface area contributed by atoms with Gasteiger partial charge in [-0.05, 0) is 6.07 Å². The lowest BCUT2D eigenvalue weighted by Crippen LogP contribution is -2.24. The Morgan fingerprint density at radius 2 is 2.31 bits per heavy atom. The van der Waals surface area contributed by atoms with Crippen LogP contribution in [0.1, 0.15) is 6.42 Å². The first-order valence-electron chi connectivity index (χ1n) is 4.69. The van der Waals surface area contributed by atoms with Crippen LogP contribution in [-0.4, -0.2) is 17.4 Å². The molecule has 0 bridgehead atoms. The van der Waals surface area contributed by atoms with Gasteiger partial charge in [0.2, 0.25) is 5.91 Å². The SMILES string of the molecule is C#CC1CC(=O)N(c2cc(Cl)cnc2Cl)C1. The zero-order valence-electron chi connectivity index (χ0n) is 8.28. The lowest BCUT2D eigenvalue weighted by Gasteiger charge is -2.16. The molecule has 1 aliphatic rings. The van der Waals surface area contributed by atoms with Gasteiger partial charge < -0.3 is 4.90 Å². The van der Waals surface area contributed by atoms with Gasteiger partial charge in [-0.1, -0.05) is 23.2 Å². The molecule has 2 heterocycles. The van der Waals surface area contributed by atoms with Gasteiger partial charge in [0, 0.05) is 25.1 Å². The molecule has 0 aliphatic carbocycles. The third-order valence-electron chi connectivity index (χ3n) is 2.44. The monoisotopic (exact) mass is 254 g/mol. The van der Waals surface area contributed by atoms with Gasteiger partial charge in [-0.2, -0.15) is 0 Å². The first-order valence-corrected chi connectivity index (χ1v) is 5.45. The van der Waals surface area contributed by atoms with E-state index in [0.717, 1.165) is 0 Å². The van der Waals surface area contributed by atoms with Crippen molar-refractivity contribution in [1.29, 1.82) is 0 Å². The Kier molecular flexibility index (Phi) is 3.04. The van der Waals surface area contributed by atoms with E-state index in [4.69, 9.17) is 29.6 Å². The van der Waals surface area contributed by atoms with Crippen molar-refractivity contribution in [1.82, 2.24) is 4.98 Å². The van der Waals surface area contributed by atoms with Crippen LogP contribution in [0, 0.1) is 18.3 Å². The van der Waals surface area contributed by atoms with Gasteiger partial charge in [0.25, 0.3) is 0 Å². The first kappa shape index (κ1) is 11.3. The number of hydrogen-bond donors (Lipinski definition) is 0. The summed E-state index contributed by atoms with van der Waals surface area (Å²) in [6.45, 7) is 0.469. The van der Waals surface area contributed by atoms with E-state index in [2.05, 4.69) is 10.9 Å². The van der Waals surface area contributed by atoms with Crippen LogP contribution < -0.4 is 4.90 Å². The van der Waals surface area contributed by atoms with Crippen molar-refractivity contribution < 1.29 is 4.79 Å². The van der Waals surface area contributed by atoms with Crippen LogP contribution >= 0.6 is 23.2 Å². The molecule has 1 aliphatic heterocycles.